The lowest BCUT2D eigenvalue weighted by atomic mass is 9.94. The number of terminal acetylenes is 1. The zero-order valence-electron chi connectivity index (χ0n) is 23.0. The highest BCUT2D eigenvalue weighted by Gasteiger charge is 2.35. The van der Waals surface area contributed by atoms with Crippen LogP contribution in [0.1, 0.15) is 37.9 Å². The third kappa shape index (κ3) is 5.37. The molecule has 2 aromatic carbocycles. The summed E-state index contributed by atoms with van der Waals surface area (Å²) in [5.41, 5.74) is 2.03. The number of carbonyl (C=O) groups excluding carboxylic acids is 1. The number of fused-ring (bicyclic) bond motifs is 1. The number of rotatable bonds is 9. The lowest BCUT2D eigenvalue weighted by molar-refractivity contribution is -0.127. The zero-order chi connectivity index (χ0) is 29.0. The number of ether oxygens (including phenoxy) is 3. The highest BCUT2D eigenvalue weighted by Crippen LogP contribution is 2.37. The molecule has 0 aliphatic carbocycles. The Hall–Kier alpha value is -4.00. The minimum Gasteiger partial charge on any atom is -0.496 e. The Morgan fingerprint density at radius 3 is 2.55 bits per heavy atom. The number of amides is 1. The summed E-state index contributed by atoms with van der Waals surface area (Å²) in [7, 11) is 3.07. The second-order valence-electron chi connectivity index (χ2n) is 8.83. The first-order chi connectivity index (χ1) is 19.3. The summed E-state index contributed by atoms with van der Waals surface area (Å²) in [6.07, 6.45) is 7.03. The normalized spacial score (nSPS) is 14.7. The van der Waals surface area contributed by atoms with Crippen molar-refractivity contribution in [3.8, 4) is 29.6 Å². The van der Waals surface area contributed by atoms with Crippen LogP contribution in [0.25, 0.3) is 6.08 Å². The number of benzene rings is 2. The summed E-state index contributed by atoms with van der Waals surface area (Å²) >= 11 is 7.70. The van der Waals surface area contributed by atoms with Gasteiger partial charge in [-0.25, -0.2) is 4.99 Å². The number of hydrogen-bond acceptors (Lipinski definition) is 7. The van der Waals surface area contributed by atoms with E-state index in [4.69, 9.17) is 37.2 Å². The average molecular weight is 580 g/mol. The minimum absolute atomic E-state index is 0.0326. The molecule has 2 heterocycles. The number of halogens is 1. The van der Waals surface area contributed by atoms with Crippen molar-refractivity contribution >= 4 is 34.9 Å². The van der Waals surface area contributed by atoms with E-state index in [1.807, 2.05) is 38.1 Å². The van der Waals surface area contributed by atoms with Crippen molar-refractivity contribution in [2.45, 2.75) is 26.8 Å². The number of allylic oxidation sites excluding steroid dienone is 1. The van der Waals surface area contributed by atoms with Crippen molar-refractivity contribution < 1.29 is 19.0 Å². The molecule has 0 N–H and O–H groups in total. The molecular formula is C30H30ClN3O5S. The number of para-hydroxylation sites is 1. The van der Waals surface area contributed by atoms with Crippen LogP contribution in [0.3, 0.4) is 0 Å². The van der Waals surface area contributed by atoms with E-state index in [1.54, 1.807) is 41.7 Å². The van der Waals surface area contributed by atoms with Gasteiger partial charge in [0.15, 0.2) is 16.3 Å². The molecule has 10 heteroatoms. The van der Waals surface area contributed by atoms with Crippen molar-refractivity contribution in [1.82, 2.24) is 9.47 Å². The lowest BCUT2D eigenvalue weighted by Gasteiger charge is -2.29. The second kappa shape index (κ2) is 12.5. The van der Waals surface area contributed by atoms with E-state index in [0.29, 0.717) is 67.1 Å². The molecule has 0 radical (unpaired) electrons. The van der Waals surface area contributed by atoms with Crippen LogP contribution in [-0.4, -0.2) is 49.3 Å². The van der Waals surface area contributed by atoms with E-state index in [9.17, 15) is 9.59 Å². The molecule has 1 amide bonds. The lowest BCUT2D eigenvalue weighted by Crippen LogP contribution is -2.43. The second-order valence-corrected chi connectivity index (χ2v) is 10.2. The van der Waals surface area contributed by atoms with Gasteiger partial charge in [0.05, 0.1) is 35.0 Å². The van der Waals surface area contributed by atoms with Gasteiger partial charge in [-0.3, -0.25) is 14.2 Å². The number of methoxy groups -OCH3 is 2. The fourth-order valence-electron chi connectivity index (χ4n) is 4.69. The van der Waals surface area contributed by atoms with Crippen molar-refractivity contribution in [3.63, 3.8) is 0 Å². The zero-order valence-corrected chi connectivity index (χ0v) is 24.6. The van der Waals surface area contributed by atoms with Gasteiger partial charge in [0.25, 0.3) is 11.5 Å². The first-order valence-corrected chi connectivity index (χ1v) is 13.9. The molecule has 3 aromatic rings. The van der Waals surface area contributed by atoms with E-state index in [0.717, 1.165) is 0 Å². The molecule has 1 aromatic heterocycles. The molecule has 40 heavy (non-hydrogen) atoms. The van der Waals surface area contributed by atoms with E-state index >= 15 is 0 Å². The summed E-state index contributed by atoms with van der Waals surface area (Å²) in [6, 6.07) is 10.1. The van der Waals surface area contributed by atoms with Crippen molar-refractivity contribution in [1.29, 1.82) is 0 Å². The van der Waals surface area contributed by atoms with E-state index in [-0.39, 0.29) is 18.1 Å². The Morgan fingerprint density at radius 2 is 1.90 bits per heavy atom. The fraction of sp³-hybridized carbons (Fsp3) is 0.300. The number of carbonyl (C=O) groups is 1. The first kappa shape index (κ1) is 29.0. The maximum Gasteiger partial charge on any atom is 0.271 e. The Labute approximate surface area is 241 Å². The summed E-state index contributed by atoms with van der Waals surface area (Å²) in [6.45, 7) is 6.73. The molecule has 0 spiro atoms. The molecule has 1 atom stereocenters. The third-order valence-electron chi connectivity index (χ3n) is 6.59. The van der Waals surface area contributed by atoms with Gasteiger partial charge in [-0.15, -0.1) is 6.42 Å². The van der Waals surface area contributed by atoms with Gasteiger partial charge >= 0.3 is 0 Å². The summed E-state index contributed by atoms with van der Waals surface area (Å²) in [5, 5.41) is 0.295. The van der Waals surface area contributed by atoms with Gasteiger partial charge in [0, 0.05) is 18.7 Å². The van der Waals surface area contributed by atoms with Crippen molar-refractivity contribution in [3.05, 3.63) is 83.5 Å². The van der Waals surface area contributed by atoms with E-state index < -0.39 is 6.04 Å². The predicted molar refractivity (Wildman–Crippen MR) is 157 cm³/mol. The van der Waals surface area contributed by atoms with Crippen LogP contribution >= 0.6 is 22.9 Å². The highest BCUT2D eigenvalue weighted by atomic mass is 35.5. The number of thiazole rings is 1. The van der Waals surface area contributed by atoms with Gasteiger partial charge in [0.2, 0.25) is 0 Å². The highest BCUT2D eigenvalue weighted by molar-refractivity contribution is 7.07. The predicted octanol–water partition coefficient (Wildman–Crippen LogP) is 3.79. The maximum absolute atomic E-state index is 14.0. The maximum atomic E-state index is 14.0. The Morgan fingerprint density at radius 1 is 1.20 bits per heavy atom. The average Bonchev–Trinajstić information content (AvgIpc) is 3.25. The summed E-state index contributed by atoms with van der Waals surface area (Å²) < 4.78 is 18.6. The van der Waals surface area contributed by atoms with Gasteiger partial charge in [-0.1, -0.05) is 47.1 Å². The molecule has 1 aliphatic rings. The van der Waals surface area contributed by atoms with Crippen LogP contribution in [0.2, 0.25) is 5.02 Å². The SMILES string of the molecule is C#CCOc1c(Cl)cc(/C=c2/sc3n(c2=O)[C@@H](c2ccccc2OC)C(C(=O)N(CC)CC)=C(C)N=3)cc1OC. The molecule has 0 unspecified atom stereocenters. The summed E-state index contributed by atoms with van der Waals surface area (Å²) in [4.78, 5) is 34.7. The van der Waals surface area contributed by atoms with Gasteiger partial charge in [-0.05, 0) is 50.6 Å². The number of nitrogens with zero attached hydrogens (tertiary/aromatic N) is 3. The Balaban J connectivity index is 1.95. The number of aromatic nitrogens is 1. The van der Waals surface area contributed by atoms with Crippen LogP contribution < -0.4 is 29.1 Å². The van der Waals surface area contributed by atoms with Gasteiger partial charge in [0.1, 0.15) is 18.4 Å². The molecular weight excluding hydrogens is 550 g/mol. The standard InChI is InChI=1S/C30H30ClN3O5S/c1-7-14-39-27-21(31)15-19(16-23(27)38-6)17-24-28(35)34-26(20-12-10-11-13-22(20)37-5)25(18(4)32-30(34)40-24)29(36)33(8-2)9-3/h1,10-13,15-17,26H,8-9,14H2,2-6H3/b24-17+/t26-/m0/s1. The molecule has 0 saturated heterocycles. The third-order valence-corrected chi connectivity index (χ3v) is 7.85. The molecule has 8 nitrogen and oxygen atoms in total. The smallest absolute Gasteiger partial charge is 0.271 e. The number of hydrogen-bond donors (Lipinski definition) is 0. The van der Waals surface area contributed by atoms with Crippen LogP contribution in [-0.2, 0) is 4.79 Å². The molecule has 0 bridgehead atoms. The quantitative estimate of drug-likeness (QED) is 0.360. The minimum atomic E-state index is -0.722. The Bertz CT molecular complexity index is 1700. The monoisotopic (exact) mass is 579 g/mol. The Kier molecular flexibility index (Phi) is 9.03. The largest absolute Gasteiger partial charge is 0.496 e. The molecule has 1 aliphatic heterocycles. The van der Waals surface area contributed by atoms with Crippen molar-refractivity contribution in [2.75, 3.05) is 33.9 Å². The van der Waals surface area contributed by atoms with Gasteiger partial charge < -0.3 is 19.1 Å². The first-order valence-electron chi connectivity index (χ1n) is 12.7. The van der Waals surface area contributed by atoms with Crippen LogP contribution in [0.5, 0.6) is 17.2 Å². The van der Waals surface area contributed by atoms with Crippen LogP contribution in [0.4, 0.5) is 0 Å². The van der Waals surface area contributed by atoms with E-state index in [1.165, 1.54) is 18.4 Å². The summed E-state index contributed by atoms with van der Waals surface area (Å²) in [5.74, 6) is 3.51. The molecule has 4 rings (SSSR count). The molecule has 0 fully saturated rings. The van der Waals surface area contributed by atoms with Gasteiger partial charge in [-0.2, -0.15) is 0 Å². The fourth-order valence-corrected chi connectivity index (χ4v) is 6.01. The molecule has 0 saturated carbocycles. The van der Waals surface area contributed by atoms with Crippen LogP contribution in [0.15, 0.2) is 57.5 Å². The van der Waals surface area contributed by atoms with Crippen LogP contribution in [0, 0.1) is 12.3 Å². The topological polar surface area (TPSA) is 82.4 Å². The molecule has 208 valence electrons. The van der Waals surface area contributed by atoms with E-state index in [2.05, 4.69) is 5.92 Å². The van der Waals surface area contributed by atoms with Crippen molar-refractivity contribution in [2.24, 2.45) is 4.99 Å². The number of likely N-dealkylation sites (N-methyl/N-ethyl adjacent to an activating group) is 1.